The zero-order valence-corrected chi connectivity index (χ0v) is 19.3. The summed E-state index contributed by atoms with van der Waals surface area (Å²) >= 11 is 6.07. The fourth-order valence-corrected chi connectivity index (χ4v) is 5.53. The Morgan fingerprint density at radius 2 is 2.20 bits per heavy atom. The number of carbonyl (C=O) groups is 1. The molecular formula is C21H17BrN2O4S2. The number of phenolic OH excluding ortho intramolecular Hbond substituents is 1. The zero-order valence-electron chi connectivity index (χ0n) is 16.1. The predicted molar refractivity (Wildman–Crippen MR) is 121 cm³/mol. The minimum atomic E-state index is -0.599. The van der Waals surface area contributed by atoms with Crippen LogP contribution in [-0.4, -0.2) is 22.2 Å². The molecule has 1 unspecified atom stereocenters. The van der Waals surface area contributed by atoms with Crippen LogP contribution in [0.4, 0.5) is 0 Å². The largest absolute Gasteiger partial charge is 0.507 e. The highest BCUT2D eigenvalue weighted by Crippen LogP contribution is 2.33. The molecule has 0 amide bonds. The number of aromatic nitrogens is 1. The average molecular weight is 505 g/mol. The first-order valence-electron chi connectivity index (χ1n) is 9.12. The molecule has 1 atom stereocenters. The van der Waals surface area contributed by atoms with Crippen LogP contribution in [0.3, 0.4) is 0 Å². The molecule has 3 heterocycles. The Bertz CT molecular complexity index is 1340. The number of hydrogen-bond donors (Lipinski definition) is 1. The van der Waals surface area contributed by atoms with Gasteiger partial charge >= 0.3 is 5.97 Å². The number of benzene rings is 1. The van der Waals surface area contributed by atoms with E-state index in [1.165, 1.54) is 27.2 Å². The van der Waals surface area contributed by atoms with E-state index in [0.29, 0.717) is 26.2 Å². The smallest absolute Gasteiger partial charge is 0.338 e. The molecule has 2 aromatic heterocycles. The van der Waals surface area contributed by atoms with Gasteiger partial charge in [-0.05, 0) is 49.6 Å². The van der Waals surface area contributed by atoms with E-state index >= 15 is 0 Å². The van der Waals surface area contributed by atoms with Crippen molar-refractivity contribution in [1.82, 2.24) is 4.57 Å². The van der Waals surface area contributed by atoms with Crippen LogP contribution in [0.15, 0.2) is 61.2 Å². The van der Waals surface area contributed by atoms with Gasteiger partial charge in [0.1, 0.15) is 11.8 Å². The molecule has 1 aliphatic rings. The number of carbonyl (C=O) groups excluding carboxylic acids is 1. The predicted octanol–water partition coefficient (Wildman–Crippen LogP) is 3.33. The Hall–Kier alpha value is -2.49. The summed E-state index contributed by atoms with van der Waals surface area (Å²) in [6.07, 6.45) is 1.64. The fraction of sp³-hybridized carbons (Fsp3) is 0.190. The Balaban J connectivity index is 1.96. The van der Waals surface area contributed by atoms with Crippen LogP contribution in [0.1, 0.15) is 30.3 Å². The number of thiazole rings is 1. The fourth-order valence-electron chi connectivity index (χ4n) is 3.29. The molecule has 6 nitrogen and oxygen atoms in total. The highest BCUT2D eigenvalue weighted by molar-refractivity contribution is 9.10. The molecule has 9 heteroatoms. The standard InChI is InChI=1S/C21H17BrN2O4S2/c1-3-28-20(27)17-11(2)23-21-24(18(17)15-5-4-8-29-15)19(26)16(30-21)10-12-9-13(22)6-7-14(12)25/h4-10,18,25H,3H2,1-2H3. The van der Waals surface area contributed by atoms with Gasteiger partial charge in [-0.15, -0.1) is 11.3 Å². The monoisotopic (exact) mass is 504 g/mol. The summed E-state index contributed by atoms with van der Waals surface area (Å²) in [5.74, 6) is -0.404. The van der Waals surface area contributed by atoms with Gasteiger partial charge in [0.15, 0.2) is 4.80 Å². The number of fused-ring (bicyclic) bond motifs is 1. The van der Waals surface area contributed by atoms with E-state index in [2.05, 4.69) is 20.9 Å². The second kappa shape index (κ2) is 8.33. The van der Waals surface area contributed by atoms with Crippen LogP contribution >= 0.6 is 38.6 Å². The number of esters is 1. The number of aromatic hydroxyl groups is 1. The molecule has 0 radical (unpaired) electrons. The van der Waals surface area contributed by atoms with Crippen LogP contribution < -0.4 is 14.9 Å². The maximum absolute atomic E-state index is 13.4. The van der Waals surface area contributed by atoms with Crippen LogP contribution in [0.2, 0.25) is 0 Å². The third kappa shape index (κ3) is 3.68. The van der Waals surface area contributed by atoms with Gasteiger partial charge in [0.25, 0.3) is 5.56 Å². The summed E-state index contributed by atoms with van der Waals surface area (Å²) in [5, 5.41) is 12.1. The van der Waals surface area contributed by atoms with Crippen molar-refractivity contribution in [3.05, 3.63) is 81.6 Å². The second-order valence-corrected chi connectivity index (χ2v) is 9.42. The maximum atomic E-state index is 13.4. The van der Waals surface area contributed by atoms with Crippen molar-refractivity contribution in [2.45, 2.75) is 19.9 Å². The Morgan fingerprint density at radius 3 is 2.90 bits per heavy atom. The van der Waals surface area contributed by atoms with Gasteiger partial charge in [-0.1, -0.05) is 33.3 Å². The lowest BCUT2D eigenvalue weighted by Gasteiger charge is -2.23. The van der Waals surface area contributed by atoms with E-state index in [1.54, 1.807) is 38.1 Å². The van der Waals surface area contributed by atoms with Gasteiger partial charge in [0.05, 0.1) is 22.4 Å². The van der Waals surface area contributed by atoms with Gasteiger partial charge in [0, 0.05) is 14.9 Å². The summed E-state index contributed by atoms with van der Waals surface area (Å²) < 4.78 is 8.00. The molecule has 0 bridgehead atoms. The molecule has 0 fully saturated rings. The van der Waals surface area contributed by atoms with Crippen LogP contribution in [0.5, 0.6) is 5.75 Å². The SMILES string of the molecule is CCOC(=O)C1=C(C)N=c2sc(=Cc3cc(Br)ccc3O)c(=O)n2C1c1cccs1. The molecule has 1 aliphatic heterocycles. The molecule has 30 heavy (non-hydrogen) atoms. The van der Waals surface area contributed by atoms with E-state index in [4.69, 9.17) is 4.74 Å². The molecule has 0 saturated heterocycles. The Kier molecular flexibility index (Phi) is 5.77. The van der Waals surface area contributed by atoms with E-state index in [-0.39, 0.29) is 17.9 Å². The van der Waals surface area contributed by atoms with Gasteiger partial charge in [-0.3, -0.25) is 9.36 Å². The van der Waals surface area contributed by atoms with Crippen molar-refractivity contribution in [2.75, 3.05) is 6.61 Å². The minimum Gasteiger partial charge on any atom is -0.507 e. The maximum Gasteiger partial charge on any atom is 0.338 e. The molecule has 0 saturated carbocycles. The molecule has 1 aromatic carbocycles. The van der Waals surface area contributed by atoms with Crippen molar-refractivity contribution in [2.24, 2.45) is 4.99 Å². The molecule has 4 rings (SSSR count). The molecule has 1 N–H and O–H groups in total. The number of halogens is 1. The van der Waals surface area contributed by atoms with Crippen LogP contribution in [0.25, 0.3) is 6.08 Å². The van der Waals surface area contributed by atoms with Crippen molar-refractivity contribution in [1.29, 1.82) is 0 Å². The number of nitrogens with zero attached hydrogens (tertiary/aromatic N) is 2. The van der Waals surface area contributed by atoms with Crippen LogP contribution in [-0.2, 0) is 9.53 Å². The summed E-state index contributed by atoms with van der Waals surface area (Å²) in [7, 11) is 0. The number of thiophene rings is 1. The number of rotatable bonds is 4. The summed E-state index contributed by atoms with van der Waals surface area (Å²) in [5.41, 5.74) is 1.14. The van der Waals surface area contributed by atoms with Crippen molar-refractivity contribution in [3.63, 3.8) is 0 Å². The number of phenols is 1. The zero-order chi connectivity index (χ0) is 21.4. The number of ether oxygens (including phenoxy) is 1. The number of allylic oxidation sites excluding steroid dienone is 1. The first-order chi connectivity index (χ1) is 14.4. The first kappa shape index (κ1) is 20.8. The third-order valence-corrected chi connectivity index (χ3v) is 7.01. The normalized spacial score (nSPS) is 16.4. The lowest BCUT2D eigenvalue weighted by Crippen LogP contribution is -2.39. The van der Waals surface area contributed by atoms with Crippen molar-refractivity contribution in [3.8, 4) is 5.75 Å². The van der Waals surface area contributed by atoms with Crippen molar-refractivity contribution < 1.29 is 14.6 Å². The highest BCUT2D eigenvalue weighted by Gasteiger charge is 2.33. The first-order valence-corrected chi connectivity index (χ1v) is 11.6. The Morgan fingerprint density at radius 1 is 1.40 bits per heavy atom. The molecule has 3 aromatic rings. The molecule has 154 valence electrons. The van der Waals surface area contributed by atoms with Gasteiger partial charge in [-0.25, -0.2) is 9.79 Å². The summed E-state index contributed by atoms with van der Waals surface area (Å²) in [6.45, 7) is 3.73. The molecular weight excluding hydrogens is 488 g/mol. The highest BCUT2D eigenvalue weighted by atomic mass is 79.9. The third-order valence-electron chi connectivity index (χ3n) is 4.61. The van der Waals surface area contributed by atoms with Crippen LogP contribution in [0, 0.1) is 0 Å². The Labute approximate surface area is 188 Å². The minimum absolute atomic E-state index is 0.0715. The van der Waals surface area contributed by atoms with Gasteiger partial charge in [0.2, 0.25) is 0 Å². The molecule has 0 aliphatic carbocycles. The number of hydrogen-bond acceptors (Lipinski definition) is 7. The lowest BCUT2D eigenvalue weighted by atomic mass is 10.0. The average Bonchev–Trinajstić information content (AvgIpc) is 3.33. The molecule has 0 spiro atoms. The summed E-state index contributed by atoms with van der Waals surface area (Å²) in [6, 6.07) is 8.20. The quantitative estimate of drug-likeness (QED) is 0.552. The van der Waals surface area contributed by atoms with E-state index in [1.807, 2.05) is 17.5 Å². The van der Waals surface area contributed by atoms with Gasteiger partial charge < -0.3 is 9.84 Å². The topological polar surface area (TPSA) is 80.9 Å². The van der Waals surface area contributed by atoms with E-state index < -0.39 is 12.0 Å². The van der Waals surface area contributed by atoms with E-state index in [9.17, 15) is 14.7 Å². The van der Waals surface area contributed by atoms with Gasteiger partial charge in [-0.2, -0.15) is 0 Å². The van der Waals surface area contributed by atoms with Crippen molar-refractivity contribution >= 4 is 50.6 Å². The van der Waals surface area contributed by atoms with E-state index in [0.717, 1.165) is 9.35 Å². The second-order valence-electron chi connectivity index (χ2n) is 6.52. The summed E-state index contributed by atoms with van der Waals surface area (Å²) in [4.78, 5) is 32.0. The lowest BCUT2D eigenvalue weighted by molar-refractivity contribution is -0.139.